The van der Waals surface area contributed by atoms with Gasteiger partial charge < -0.3 is 9.32 Å². The van der Waals surface area contributed by atoms with Gasteiger partial charge in [0.2, 0.25) is 0 Å². The Bertz CT molecular complexity index is 3660. The highest BCUT2D eigenvalue weighted by molar-refractivity contribution is 6.06. The SMILES string of the molecule is c1ccc(-c2ccc(-c3ccc(N(c4ccc(-c5cccc(-c6cccc(-c7ccc8ccccc8c7)c6)c5)cc4)c4ccc(-c5ccc6c(c5)oc5ccccc56)cc4)cc3)cc2)cc1. The van der Waals surface area contributed by atoms with Gasteiger partial charge in [-0.05, 0) is 150 Å². The average molecular weight is 842 g/mol. The van der Waals surface area contributed by atoms with Gasteiger partial charge in [-0.2, -0.15) is 0 Å². The van der Waals surface area contributed by atoms with E-state index < -0.39 is 0 Å². The Morgan fingerprint density at radius 3 is 1.15 bits per heavy atom. The Morgan fingerprint density at radius 1 is 0.212 bits per heavy atom. The van der Waals surface area contributed by atoms with E-state index in [1.165, 1.54) is 60.8 Å². The third-order valence-electron chi connectivity index (χ3n) is 12.9. The molecule has 0 amide bonds. The third-order valence-corrected chi connectivity index (χ3v) is 12.9. The van der Waals surface area contributed by atoms with Gasteiger partial charge >= 0.3 is 0 Å². The van der Waals surface area contributed by atoms with E-state index in [9.17, 15) is 0 Å². The van der Waals surface area contributed by atoms with Crippen LogP contribution in [0.25, 0.3) is 99.5 Å². The van der Waals surface area contributed by atoms with Crippen molar-refractivity contribution in [3.8, 4) is 66.8 Å². The van der Waals surface area contributed by atoms with E-state index in [1.807, 2.05) is 12.1 Å². The molecule has 0 aliphatic heterocycles. The summed E-state index contributed by atoms with van der Waals surface area (Å²) < 4.78 is 6.26. The topological polar surface area (TPSA) is 16.4 Å². The summed E-state index contributed by atoms with van der Waals surface area (Å²) in [5, 5.41) is 4.78. The van der Waals surface area contributed by atoms with Gasteiger partial charge in [0.05, 0.1) is 0 Å². The molecule has 12 rings (SSSR count). The van der Waals surface area contributed by atoms with E-state index in [1.54, 1.807) is 0 Å². The number of hydrogen-bond donors (Lipinski definition) is 0. The smallest absolute Gasteiger partial charge is 0.136 e. The lowest BCUT2D eigenvalue weighted by Crippen LogP contribution is -2.09. The second-order valence-corrected chi connectivity index (χ2v) is 17.0. The predicted octanol–water partition coefficient (Wildman–Crippen LogP) is 18.2. The monoisotopic (exact) mass is 841 g/mol. The summed E-state index contributed by atoms with van der Waals surface area (Å²) in [6, 6.07) is 93.9. The van der Waals surface area contributed by atoms with Crippen LogP contribution in [0.4, 0.5) is 17.1 Å². The molecule has 1 heterocycles. The maximum absolute atomic E-state index is 6.26. The number of furan rings is 1. The largest absolute Gasteiger partial charge is 0.456 e. The number of hydrogen-bond acceptors (Lipinski definition) is 2. The van der Waals surface area contributed by atoms with Crippen LogP contribution in [0, 0.1) is 0 Å². The van der Waals surface area contributed by atoms with Crippen LogP contribution >= 0.6 is 0 Å². The van der Waals surface area contributed by atoms with Gasteiger partial charge in [-0.25, -0.2) is 0 Å². The molecule has 0 aliphatic carbocycles. The number of benzene rings is 11. The van der Waals surface area contributed by atoms with E-state index in [0.717, 1.165) is 55.7 Å². The fourth-order valence-electron chi connectivity index (χ4n) is 9.37. The average Bonchev–Trinajstić information content (AvgIpc) is 3.78. The first kappa shape index (κ1) is 38.9. The van der Waals surface area contributed by atoms with E-state index in [2.05, 4.69) is 254 Å². The van der Waals surface area contributed by atoms with Crippen LogP contribution < -0.4 is 4.90 Å². The maximum atomic E-state index is 6.26. The molecule has 66 heavy (non-hydrogen) atoms. The molecule has 11 aromatic carbocycles. The molecule has 0 aliphatic rings. The summed E-state index contributed by atoms with van der Waals surface area (Å²) in [7, 11) is 0. The highest BCUT2D eigenvalue weighted by Gasteiger charge is 2.15. The van der Waals surface area contributed by atoms with Crippen molar-refractivity contribution in [3.63, 3.8) is 0 Å². The number of nitrogens with zero attached hydrogens (tertiary/aromatic N) is 1. The zero-order chi connectivity index (χ0) is 43.8. The minimum atomic E-state index is 0.898. The Labute approximate surface area is 384 Å². The molecule has 1 aromatic heterocycles. The second-order valence-electron chi connectivity index (χ2n) is 17.0. The molecule has 2 nitrogen and oxygen atoms in total. The van der Waals surface area contributed by atoms with Crippen molar-refractivity contribution in [1.29, 1.82) is 0 Å². The maximum Gasteiger partial charge on any atom is 0.136 e. The summed E-state index contributed by atoms with van der Waals surface area (Å²) in [5.41, 5.74) is 19.2. The van der Waals surface area contributed by atoms with E-state index in [-0.39, 0.29) is 0 Å². The molecule has 0 radical (unpaired) electrons. The Kier molecular flexibility index (Phi) is 9.89. The van der Waals surface area contributed by atoms with Crippen LogP contribution in [0.1, 0.15) is 0 Å². The van der Waals surface area contributed by atoms with Crippen LogP contribution in [-0.2, 0) is 0 Å². The number of anilines is 3. The zero-order valence-corrected chi connectivity index (χ0v) is 36.2. The van der Waals surface area contributed by atoms with Gasteiger partial charge in [0, 0.05) is 27.8 Å². The molecule has 0 N–H and O–H groups in total. The van der Waals surface area contributed by atoms with Crippen molar-refractivity contribution in [3.05, 3.63) is 261 Å². The first-order chi connectivity index (χ1) is 32.7. The van der Waals surface area contributed by atoms with Gasteiger partial charge in [-0.3, -0.25) is 0 Å². The minimum Gasteiger partial charge on any atom is -0.456 e. The van der Waals surface area contributed by atoms with Crippen LogP contribution in [0.2, 0.25) is 0 Å². The fraction of sp³-hybridized carbons (Fsp3) is 0. The van der Waals surface area contributed by atoms with Crippen LogP contribution in [0.3, 0.4) is 0 Å². The highest BCUT2D eigenvalue weighted by Crippen LogP contribution is 2.40. The van der Waals surface area contributed by atoms with Crippen molar-refractivity contribution >= 4 is 49.8 Å². The summed E-state index contributed by atoms with van der Waals surface area (Å²) in [6.45, 7) is 0. The van der Waals surface area contributed by atoms with Gasteiger partial charge in [0.1, 0.15) is 11.2 Å². The Morgan fingerprint density at radius 2 is 0.576 bits per heavy atom. The minimum absolute atomic E-state index is 0.898. The molecule has 0 fully saturated rings. The Balaban J connectivity index is 0.861. The van der Waals surface area contributed by atoms with Gasteiger partial charge in [-0.15, -0.1) is 0 Å². The molecule has 0 saturated heterocycles. The molecule has 12 aromatic rings. The molecule has 0 spiro atoms. The first-order valence-electron chi connectivity index (χ1n) is 22.5. The number of rotatable bonds is 9. The summed E-state index contributed by atoms with van der Waals surface area (Å²) in [4.78, 5) is 2.34. The molecule has 0 saturated carbocycles. The second kappa shape index (κ2) is 16.8. The zero-order valence-electron chi connectivity index (χ0n) is 36.2. The molecular weight excluding hydrogens is 799 g/mol. The van der Waals surface area contributed by atoms with E-state index in [0.29, 0.717) is 0 Å². The Hall–Kier alpha value is -8.72. The summed E-state index contributed by atoms with van der Waals surface area (Å²) >= 11 is 0. The first-order valence-corrected chi connectivity index (χ1v) is 22.5. The summed E-state index contributed by atoms with van der Waals surface area (Å²) in [5.74, 6) is 0. The van der Waals surface area contributed by atoms with Crippen LogP contribution in [0.15, 0.2) is 265 Å². The van der Waals surface area contributed by atoms with E-state index >= 15 is 0 Å². The lowest BCUT2D eigenvalue weighted by molar-refractivity contribution is 0.669. The molecule has 0 unspecified atom stereocenters. The predicted molar refractivity (Wildman–Crippen MR) is 279 cm³/mol. The van der Waals surface area contributed by atoms with Crippen molar-refractivity contribution in [2.24, 2.45) is 0 Å². The lowest BCUT2D eigenvalue weighted by atomic mass is 9.95. The third kappa shape index (κ3) is 7.51. The lowest BCUT2D eigenvalue weighted by Gasteiger charge is -2.26. The molecular formula is C64H43NO. The summed E-state index contributed by atoms with van der Waals surface area (Å²) in [6.07, 6.45) is 0. The molecule has 310 valence electrons. The fourth-order valence-corrected chi connectivity index (χ4v) is 9.37. The number of para-hydroxylation sites is 1. The van der Waals surface area contributed by atoms with Crippen molar-refractivity contribution in [2.45, 2.75) is 0 Å². The van der Waals surface area contributed by atoms with Crippen molar-refractivity contribution in [2.75, 3.05) is 4.90 Å². The standard InChI is InChI=1S/C64H43NO/c1-2-10-44(11-3-1)46-20-22-47(23-21-46)48-26-33-58(34-27-48)65(60-37-30-50(31-38-60)57-32-39-62-61-18-6-7-19-63(61)66-64(62)43-57)59-35-28-49(29-36-59)52-14-8-15-53(40-52)54-16-9-17-55(42-54)56-25-24-45-12-4-5-13-51(45)41-56/h1-43H. The highest BCUT2D eigenvalue weighted by atomic mass is 16.3. The van der Waals surface area contributed by atoms with E-state index in [4.69, 9.17) is 4.42 Å². The van der Waals surface area contributed by atoms with Crippen molar-refractivity contribution < 1.29 is 4.42 Å². The van der Waals surface area contributed by atoms with Gasteiger partial charge in [-0.1, -0.05) is 188 Å². The van der Waals surface area contributed by atoms with Crippen molar-refractivity contribution in [1.82, 2.24) is 0 Å². The van der Waals surface area contributed by atoms with Gasteiger partial charge in [0.15, 0.2) is 0 Å². The number of fused-ring (bicyclic) bond motifs is 4. The molecule has 0 bridgehead atoms. The normalized spacial score (nSPS) is 11.3. The van der Waals surface area contributed by atoms with Crippen LogP contribution in [-0.4, -0.2) is 0 Å². The quantitative estimate of drug-likeness (QED) is 0.144. The van der Waals surface area contributed by atoms with Crippen LogP contribution in [0.5, 0.6) is 0 Å². The van der Waals surface area contributed by atoms with Gasteiger partial charge in [0.25, 0.3) is 0 Å². The molecule has 0 atom stereocenters. The molecule has 2 heteroatoms.